The highest BCUT2D eigenvalue weighted by atomic mass is 19.4. The number of rotatable bonds is 4. The fourth-order valence-electron chi connectivity index (χ4n) is 5.55. The lowest BCUT2D eigenvalue weighted by atomic mass is 9.59. The highest BCUT2D eigenvalue weighted by Gasteiger charge is 2.59. The Balaban J connectivity index is 1.66. The molecule has 0 unspecified atom stereocenters. The summed E-state index contributed by atoms with van der Waals surface area (Å²) >= 11 is 0. The van der Waals surface area contributed by atoms with Gasteiger partial charge >= 0.3 is 6.18 Å². The van der Waals surface area contributed by atoms with Gasteiger partial charge in [-0.1, -0.05) is 19.3 Å². The molecule has 3 rings (SSSR count). The lowest BCUT2D eigenvalue weighted by molar-refractivity contribution is -0.191. The maximum atomic E-state index is 13.1. The van der Waals surface area contributed by atoms with Crippen LogP contribution >= 0.6 is 0 Å². The minimum Gasteiger partial charge on any atom is -0.378 e. The molecule has 4 atom stereocenters. The molecule has 0 aliphatic heterocycles. The Hall–Kier alpha value is -0.780. The van der Waals surface area contributed by atoms with E-state index in [2.05, 4.69) is 0 Å². The van der Waals surface area contributed by atoms with Gasteiger partial charge in [-0.05, 0) is 45.4 Å². The van der Waals surface area contributed by atoms with E-state index < -0.39 is 18.0 Å². The summed E-state index contributed by atoms with van der Waals surface area (Å²) in [4.78, 5) is 14.7. The van der Waals surface area contributed by atoms with E-state index in [4.69, 9.17) is 4.74 Å². The molecule has 6 heteroatoms. The van der Waals surface area contributed by atoms with Crippen molar-refractivity contribution >= 4 is 5.91 Å². The number of halogens is 3. The summed E-state index contributed by atoms with van der Waals surface area (Å²) in [5, 5.41) is 0. The van der Waals surface area contributed by atoms with E-state index >= 15 is 0 Å². The van der Waals surface area contributed by atoms with Gasteiger partial charge in [-0.15, -0.1) is 0 Å². The summed E-state index contributed by atoms with van der Waals surface area (Å²) in [5.41, 5.74) is 0.0402. The van der Waals surface area contributed by atoms with E-state index in [0.717, 1.165) is 32.1 Å². The van der Waals surface area contributed by atoms with Gasteiger partial charge < -0.3 is 9.64 Å². The molecule has 144 valence electrons. The minimum absolute atomic E-state index is 0.0402. The topological polar surface area (TPSA) is 29.5 Å². The van der Waals surface area contributed by atoms with Crippen molar-refractivity contribution in [2.75, 3.05) is 13.7 Å². The summed E-state index contributed by atoms with van der Waals surface area (Å²) in [5.74, 6) is -1.88. The van der Waals surface area contributed by atoms with Crippen LogP contribution in [0.5, 0.6) is 0 Å². The van der Waals surface area contributed by atoms with Crippen LogP contribution < -0.4 is 0 Å². The van der Waals surface area contributed by atoms with Gasteiger partial charge in [0.1, 0.15) is 0 Å². The molecule has 0 saturated heterocycles. The average Bonchev–Trinajstić information content (AvgIpc) is 3.09. The minimum atomic E-state index is -4.18. The van der Waals surface area contributed by atoms with E-state index in [1.54, 1.807) is 11.9 Å². The molecule has 0 aromatic carbocycles. The van der Waals surface area contributed by atoms with E-state index in [0.29, 0.717) is 19.4 Å². The maximum absolute atomic E-state index is 13.1. The van der Waals surface area contributed by atoms with Crippen LogP contribution in [-0.4, -0.2) is 42.8 Å². The van der Waals surface area contributed by atoms with Gasteiger partial charge in [0.05, 0.1) is 12.0 Å². The SMILES string of the molecule is CCO[C@@H]1C[C@H](N(C)C(=O)[C@@H]2CCC[C@@H](C(F)(F)F)C2)C12CCCC2. The molecule has 25 heavy (non-hydrogen) atoms. The molecule has 0 heterocycles. The molecule has 0 bridgehead atoms. The first-order valence-corrected chi connectivity index (χ1v) is 9.74. The molecule has 3 aliphatic carbocycles. The van der Waals surface area contributed by atoms with Crippen molar-refractivity contribution in [3.8, 4) is 0 Å². The molecule has 3 saturated carbocycles. The number of hydrogen-bond donors (Lipinski definition) is 0. The number of carbonyl (C=O) groups is 1. The largest absolute Gasteiger partial charge is 0.391 e. The van der Waals surface area contributed by atoms with Crippen molar-refractivity contribution in [1.82, 2.24) is 4.90 Å². The van der Waals surface area contributed by atoms with E-state index in [1.165, 1.54) is 0 Å². The summed E-state index contributed by atoms with van der Waals surface area (Å²) < 4.78 is 45.0. The third kappa shape index (κ3) is 3.43. The normalized spacial score (nSPS) is 34.8. The second-order valence-electron chi connectivity index (χ2n) is 8.19. The maximum Gasteiger partial charge on any atom is 0.391 e. The van der Waals surface area contributed by atoms with Crippen LogP contribution in [0.2, 0.25) is 0 Å². The quantitative estimate of drug-likeness (QED) is 0.735. The molecule has 0 radical (unpaired) electrons. The monoisotopic (exact) mass is 361 g/mol. The molecule has 0 aromatic heterocycles. The van der Waals surface area contributed by atoms with Crippen molar-refractivity contribution in [2.45, 2.75) is 83.0 Å². The van der Waals surface area contributed by atoms with Crippen LogP contribution in [0.15, 0.2) is 0 Å². The number of carbonyl (C=O) groups excluding carboxylic acids is 1. The Kier molecular flexibility index (Phi) is 5.38. The molecule has 3 fully saturated rings. The smallest absolute Gasteiger partial charge is 0.378 e. The third-order valence-corrected chi connectivity index (χ3v) is 6.95. The molecule has 1 spiro atoms. The number of alkyl halides is 3. The van der Waals surface area contributed by atoms with E-state index in [1.807, 2.05) is 6.92 Å². The zero-order chi connectivity index (χ0) is 18.2. The van der Waals surface area contributed by atoms with Gasteiger partial charge in [-0.25, -0.2) is 0 Å². The van der Waals surface area contributed by atoms with Gasteiger partial charge in [0.2, 0.25) is 5.91 Å². The van der Waals surface area contributed by atoms with Crippen LogP contribution in [0.3, 0.4) is 0 Å². The summed E-state index contributed by atoms with van der Waals surface area (Å²) in [6.07, 6.45) is 2.49. The fraction of sp³-hybridized carbons (Fsp3) is 0.947. The Morgan fingerprint density at radius 2 is 1.84 bits per heavy atom. The third-order valence-electron chi connectivity index (χ3n) is 6.95. The van der Waals surface area contributed by atoms with Crippen molar-refractivity contribution in [3.63, 3.8) is 0 Å². The average molecular weight is 361 g/mol. The van der Waals surface area contributed by atoms with Gasteiger partial charge in [-0.2, -0.15) is 13.2 Å². The van der Waals surface area contributed by atoms with Crippen LogP contribution in [0.1, 0.15) is 64.7 Å². The molecule has 3 aliphatic rings. The number of nitrogens with zero attached hydrogens (tertiary/aromatic N) is 1. The molecule has 0 aromatic rings. The second-order valence-corrected chi connectivity index (χ2v) is 8.19. The van der Waals surface area contributed by atoms with Gasteiger partial charge in [-0.3, -0.25) is 4.79 Å². The van der Waals surface area contributed by atoms with E-state index in [-0.39, 0.29) is 36.3 Å². The molecule has 3 nitrogen and oxygen atoms in total. The van der Waals surface area contributed by atoms with E-state index in [9.17, 15) is 18.0 Å². The summed E-state index contributed by atoms with van der Waals surface area (Å²) in [6.45, 7) is 2.66. The predicted molar refractivity (Wildman–Crippen MR) is 89.0 cm³/mol. The number of hydrogen-bond acceptors (Lipinski definition) is 2. The molecule has 0 N–H and O–H groups in total. The van der Waals surface area contributed by atoms with Crippen LogP contribution in [-0.2, 0) is 9.53 Å². The summed E-state index contributed by atoms with van der Waals surface area (Å²) in [6, 6.07) is 0.130. The van der Waals surface area contributed by atoms with Gasteiger partial charge in [0.15, 0.2) is 0 Å². The van der Waals surface area contributed by atoms with Crippen LogP contribution in [0, 0.1) is 17.3 Å². The lowest BCUT2D eigenvalue weighted by Crippen LogP contribution is -2.64. The fourth-order valence-corrected chi connectivity index (χ4v) is 5.55. The first-order chi connectivity index (χ1) is 11.8. The second kappa shape index (κ2) is 7.09. The van der Waals surface area contributed by atoms with Crippen molar-refractivity contribution < 1.29 is 22.7 Å². The predicted octanol–water partition coefficient (Wildman–Crippen LogP) is 4.55. The number of amides is 1. The standard InChI is InChI=1S/C19H30F3NO2/c1-3-25-16-12-15(18(16)9-4-5-10-18)23(2)17(24)13-7-6-8-14(11-13)19(20,21)22/h13-16H,3-12H2,1-2H3/t13-,14-,15+,16-/m1/s1. The van der Waals surface area contributed by atoms with Crippen LogP contribution in [0.4, 0.5) is 13.2 Å². The number of ether oxygens (including phenoxy) is 1. The Bertz CT molecular complexity index is 488. The highest BCUT2D eigenvalue weighted by Crippen LogP contribution is 2.56. The molecular formula is C19H30F3NO2. The van der Waals surface area contributed by atoms with Gasteiger partial charge in [0, 0.05) is 31.0 Å². The first kappa shape index (κ1) is 19.0. The molecule has 1 amide bonds. The Morgan fingerprint density at radius 1 is 1.16 bits per heavy atom. The first-order valence-electron chi connectivity index (χ1n) is 9.74. The van der Waals surface area contributed by atoms with Crippen molar-refractivity contribution in [3.05, 3.63) is 0 Å². The highest BCUT2D eigenvalue weighted by molar-refractivity contribution is 5.79. The van der Waals surface area contributed by atoms with Gasteiger partial charge in [0.25, 0.3) is 0 Å². The Morgan fingerprint density at radius 3 is 2.44 bits per heavy atom. The zero-order valence-corrected chi connectivity index (χ0v) is 15.3. The molecular weight excluding hydrogens is 331 g/mol. The lowest BCUT2D eigenvalue weighted by Gasteiger charge is -2.57. The Labute approximate surface area is 148 Å². The van der Waals surface area contributed by atoms with Crippen molar-refractivity contribution in [2.24, 2.45) is 17.3 Å². The summed E-state index contributed by atoms with van der Waals surface area (Å²) in [7, 11) is 1.80. The van der Waals surface area contributed by atoms with Crippen LogP contribution in [0.25, 0.3) is 0 Å². The zero-order valence-electron chi connectivity index (χ0n) is 15.3. The van der Waals surface area contributed by atoms with Crippen molar-refractivity contribution in [1.29, 1.82) is 0 Å².